The molecule has 2 saturated carbocycles. The summed E-state index contributed by atoms with van der Waals surface area (Å²) in [5.74, 6) is 1.71. The van der Waals surface area contributed by atoms with Crippen molar-refractivity contribution in [2.75, 3.05) is 13.1 Å². The Kier molecular flexibility index (Phi) is 2.61. The molecule has 1 N–H and O–H groups in total. The molecule has 1 heterocycles. The van der Waals surface area contributed by atoms with Crippen LogP contribution in [0.3, 0.4) is 0 Å². The van der Waals surface area contributed by atoms with Gasteiger partial charge in [0.1, 0.15) is 0 Å². The molecular formula is C15H28N2. The Morgan fingerprint density at radius 1 is 1.18 bits per heavy atom. The molecule has 1 saturated heterocycles. The minimum absolute atomic E-state index is 0.400. The van der Waals surface area contributed by atoms with E-state index in [2.05, 4.69) is 37.9 Å². The van der Waals surface area contributed by atoms with Gasteiger partial charge in [0.25, 0.3) is 0 Å². The van der Waals surface area contributed by atoms with Gasteiger partial charge in [-0.05, 0) is 51.4 Å². The van der Waals surface area contributed by atoms with Crippen LogP contribution in [0.25, 0.3) is 0 Å². The first-order valence-corrected chi connectivity index (χ1v) is 7.46. The van der Waals surface area contributed by atoms with Gasteiger partial charge in [0.05, 0.1) is 0 Å². The van der Waals surface area contributed by atoms with E-state index in [1.807, 2.05) is 0 Å². The lowest BCUT2D eigenvalue weighted by molar-refractivity contribution is 0.0138. The van der Waals surface area contributed by atoms with Crippen molar-refractivity contribution in [1.29, 1.82) is 0 Å². The van der Waals surface area contributed by atoms with Crippen LogP contribution in [0.5, 0.6) is 0 Å². The van der Waals surface area contributed by atoms with Gasteiger partial charge in [-0.15, -0.1) is 0 Å². The van der Waals surface area contributed by atoms with Crippen molar-refractivity contribution in [3.8, 4) is 0 Å². The van der Waals surface area contributed by atoms with Gasteiger partial charge in [0.2, 0.25) is 0 Å². The van der Waals surface area contributed by atoms with Crippen LogP contribution in [0, 0.1) is 11.8 Å². The first-order chi connectivity index (χ1) is 7.95. The highest BCUT2D eigenvalue weighted by Crippen LogP contribution is 2.48. The maximum atomic E-state index is 3.88. The fraction of sp³-hybridized carbons (Fsp3) is 1.00. The van der Waals surface area contributed by atoms with Crippen LogP contribution in [-0.2, 0) is 0 Å². The van der Waals surface area contributed by atoms with Gasteiger partial charge in [-0.1, -0.05) is 13.8 Å². The topological polar surface area (TPSA) is 15.3 Å². The minimum atomic E-state index is 0.400. The molecule has 0 bridgehead atoms. The monoisotopic (exact) mass is 236 g/mol. The Morgan fingerprint density at radius 2 is 1.82 bits per heavy atom. The van der Waals surface area contributed by atoms with Crippen LogP contribution in [0.2, 0.25) is 0 Å². The molecule has 2 nitrogen and oxygen atoms in total. The SMILES string of the molecule is CC(C)C1CNC(C)(C2CC2)CN1C1(C)CC1. The molecule has 2 unspecified atom stereocenters. The molecular weight excluding hydrogens is 208 g/mol. The first kappa shape index (κ1) is 12.0. The first-order valence-electron chi connectivity index (χ1n) is 7.46. The van der Waals surface area contributed by atoms with Crippen LogP contribution >= 0.6 is 0 Å². The highest BCUT2D eigenvalue weighted by molar-refractivity contribution is 5.11. The van der Waals surface area contributed by atoms with Gasteiger partial charge in [-0.3, -0.25) is 4.90 Å². The fourth-order valence-electron chi connectivity index (χ4n) is 3.62. The number of nitrogens with zero attached hydrogens (tertiary/aromatic N) is 1. The van der Waals surface area contributed by atoms with Gasteiger partial charge in [0, 0.05) is 30.2 Å². The predicted octanol–water partition coefficient (Wildman–Crippen LogP) is 2.64. The summed E-state index contributed by atoms with van der Waals surface area (Å²) in [4.78, 5) is 2.85. The largest absolute Gasteiger partial charge is 0.308 e. The van der Waals surface area contributed by atoms with Crippen molar-refractivity contribution in [2.24, 2.45) is 11.8 Å². The number of hydrogen-bond donors (Lipinski definition) is 1. The second-order valence-electron chi connectivity index (χ2n) is 7.51. The quantitative estimate of drug-likeness (QED) is 0.810. The number of piperazine rings is 1. The average molecular weight is 236 g/mol. The summed E-state index contributed by atoms with van der Waals surface area (Å²) in [6.07, 6.45) is 5.72. The number of nitrogens with one attached hydrogen (secondary N) is 1. The highest BCUT2D eigenvalue weighted by atomic mass is 15.3. The molecule has 0 radical (unpaired) electrons. The van der Waals surface area contributed by atoms with E-state index in [1.54, 1.807) is 0 Å². The third kappa shape index (κ3) is 2.04. The molecule has 3 rings (SSSR count). The van der Waals surface area contributed by atoms with Gasteiger partial charge in [0.15, 0.2) is 0 Å². The molecule has 2 atom stereocenters. The van der Waals surface area contributed by atoms with E-state index < -0.39 is 0 Å². The number of hydrogen-bond acceptors (Lipinski definition) is 2. The van der Waals surface area contributed by atoms with Crippen molar-refractivity contribution in [2.45, 2.75) is 70.5 Å². The van der Waals surface area contributed by atoms with Crippen LogP contribution in [0.15, 0.2) is 0 Å². The molecule has 2 heteroatoms. The molecule has 1 aliphatic heterocycles. The van der Waals surface area contributed by atoms with E-state index >= 15 is 0 Å². The molecule has 0 amide bonds. The van der Waals surface area contributed by atoms with Crippen LogP contribution in [-0.4, -0.2) is 35.1 Å². The summed E-state index contributed by atoms with van der Waals surface area (Å²) < 4.78 is 0. The lowest BCUT2D eigenvalue weighted by Crippen LogP contribution is -2.67. The van der Waals surface area contributed by atoms with E-state index in [4.69, 9.17) is 0 Å². The Labute approximate surface area is 106 Å². The molecule has 0 aromatic heterocycles. The smallest absolute Gasteiger partial charge is 0.0309 e. The molecule has 2 aliphatic carbocycles. The molecule has 98 valence electrons. The molecule has 3 aliphatic rings. The Hall–Kier alpha value is -0.0800. The average Bonchev–Trinajstić information content (AvgIpc) is 3.11. The third-order valence-corrected chi connectivity index (χ3v) is 5.53. The fourth-order valence-corrected chi connectivity index (χ4v) is 3.62. The molecule has 0 spiro atoms. The second kappa shape index (κ2) is 3.71. The standard InChI is InChI=1S/C15H28N2/c1-11(2)13-9-16-15(4,12-5-6-12)10-17(13)14(3)7-8-14/h11-13,16H,5-10H2,1-4H3. The summed E-state index contributed by atoms with van der Waals surface area (Å²) in [6.45, 7) is 12.2. The van der Waals surface area contributed by atoms with E-state index in [-0.39, 0.29) is 0 Å². The lowest BCUT2D eigenvalue weighted by Gasteiger charge is -2.51. The summed E-state index contributed by atoms with van der Waals surface area (Å²) in [5.41, 5.74) is 0.935. The predicted molar refractivity (Wildman–Crippen MR) is 72.1 cm³/mol. The second-order valence-corrected chi connectivity index (χ2v) is 7.51. The van der Waals surface area contributed by atoms with Gasteiger partial charge < -0.3 is 5.32 Å². The zero-order valence-corrected chi connectivity index (χ0v) is 11.9. The van der Waals surface area contributed by atoms with Crippen molar-refractivity contribution in [3.05, 3.63) is 0 Å². The summed E-state index contributed by atoms with van der Waals surface area (Å²) in [5, 5.41) is 3.88. The number of rotatable bonds is 3. The minimum Gasteiger partial charge on any atom is -0.308 e. The Balaban J connectivity index is 1.78. The van der Waals surface area contributed by atoms with Gasteiger partial charge in [-0.2, -0.15) is 0 Å². The van der Waals surface area contributed by atoms with Gasteiger partial charge in [-0.25, -0.2) is 0 Å². The maximum absolute atomic E-state index is 3.88. The van der Waals surface area contributed by atoms with Crippen molar-refractivity contribution >= 4 is 0 Å². The maximum Gasteiger partial charge on any atom is 0.0309 e. The van der Waals surface area contributed by atoms with E-state index in [0.29, 0.717) is 11.1 Å². The molecule has 0 aromatic rings. The molecule has 17 heavy (non-hydrogen) atoms. The van der Waals surface area contributed by atoms with Crippen molar-refractivity contribution in [3.63, 3.8) is 0 Å². The summed E-state index contributed by atoms with van der Waals surface area (Å²) >= 11 is 0. The van der Waals surface area contributed by atoms with Crippen LogP contribution in [0.1, 0.15) is 53.4 Å². The molecule has 3 fully saturated rings. The van der Waals surface area contributed by atoms with Crippen LogP contribution < -0.4 is 5.32 Å². The summed E-state index contributed by atoms with van der Waals surface area (Å²) in [7, 11) is 0. The van der Waals surface area contributed by atoms with Gasteiger partial charge >= 0.3 is 0 Å². The van der Waals surface area contributed by atoms with E-state index in [1.165, 1.54) is 38.8 Å². The van der Waals surface area contributed by atoms with E-state index in [0.717, 1.165) is 17.9 Å². The van der Waals surface area contributed by atoms with E-state index in [9.17, 15) is 0 Å². The zero-order chi connectivity index (χ0) is 12.3. The van der Waals surface area contributed by atoms with Crippen molar-refractivity contribution in [1.82, 2.24) is 10.2 Å². The Morgan fingerprint density at radius 3 is 2.29 bits per heavy atom. The zero-order valence-electron chi connectivity index (χ0n) is 11.9. The van der Waals surface area contributed by atoms with Crippen LogP contribution in [0.4, 0.5) is 0 Å². The highest BCUT2D eigenvalue weighted by Gasteiger charge is 2.53. The molecule has 0 aromatic carbocycles. The third-order valence-electron chi connectivity index (χ3n) is 5.53. The normalized spacial score (nSPS) is 41.8. The Bertz CT molecular complexity index is 304. The lowest BCUT2D eigenvalue weighted by atomic mass is 9.86. The van der Waals surface area contributed by atoms with Crippen molar-refractivity contribution < 1.29 is 0 Å². The summed E-state index contributed by atoms with van der Waals surface area (Å²) in [6, 6.07) is 0.745.